The van der Waals surface area contributed by atoms with Crippen molar-refractivity contribution in [1.82, 2.24) is 4.98 Å². The molecule has 1 amide bonds. The number of carbonyl (C=O) groups excluding carboxylic acids is 1. The Balaban J connectivity index is 1.47. The lowest BCUT2D eigenvalue weighted by molar-refractivity contribution is -0.120. The molecule has 1 aromatic heterocycles. The van der Waals surface area contributed by atoms with E-state index in [-0.39, 0.29) is 11.8 Å². The molecule has 4 rings (SSSR count). The van der Waals surface area contributed by atoms with Crippen LogP contribution in [0.1, 0.15) is 12.8 Å². The maximum atomic E-state index is 12.6. The van der Waals surface area contributed by atoms with Crippen LogP contribution in [0, 0.1) is 5.92 Å². The molecular weight excluding hydrogens is 354 g/mol. The molecule has 25 heavy (non-hydrogen) atoms. The molecule has 1 unspecified atom stereocenters. The van der Waals surface area contributed by atoms with Crippen LogP contribution in [0.5, 0.6) is 0 Å². The SMILES string of the molecule is O=C(Nc1cccc(Cl)c1)C1CCCN(c2nc3ccccc3s2)C1. The van der Waals surface area contributed by atoms with Crippen LogP contribution in [-0.2, 0) is 4.79 Å². The van der Waals surface area contributed by atoms with Crippen LogP contribution in [0.4, 0.5) is 10.8 Å². The van der Waals surface area contributed by atoms with Gasteiger partial charge in [0, 0.05) is 23.8 Å². The summed E-state index contributed by atoms with van der Waals surface area (Å²) in [5.41, 5.74) is 1.77. The van der Waals surface area contributed by atoms with E-state index in [1.54, 1.807) is 23.5 Å². The van der Waals surface area contributed by atoms with Gasteiger partial charge < -0.3 is 10.2 Å². The van der Waals surface area contributed by atoms with Crippen LogP contribution < -0.4 is 10.2 Å². The van der Waals surface area contributed by atoms with E-state index < -0.39 is 0 Å². The maximum Gasteiger partial charge on any atom is 0.229 e. The molecule has 1 aliphatic rings. The lowest BCUT2D eigenvalue weighted by atomic mass is 9.97. The number of carbonyl (C=O) groups is 1. The van der Waals surface area contributed by atoms with Crippen LogP contribution in [0.15, 0.2) is 48.5 Å². The molecule has 0 radical (unpaired) electrons. The van der Waals surface area contributed by atoms with Gasteiger partial charge >= 0.3 is 0 Å². The predicted octanol–water partition coefficient (Wildman–Crippen LogP) is 4.80. The van der Waals surface area contributed by atoms with Crippen molar-refractivity contribution in [1.29, 1.82) is 0 Å². The molecule has 1 N–H and O–H groups in total. The van der Waals surface area contributed by atoms with Crippen LogP contribution in [0.25, 0.3) is 10.2 Å². The summed E-state index contributed by atoms with van der Waals surface area (Å²) in [6, 6.07) is 15.4. The normalized spacial score (nSPS) is 17.6. The summed E-state index contributed by atoms with van der Waals surface area (Å²) in [6.45, 7) is 1.65. The van der Waals surface area contributed by atoms with E-state index in [9.17, 15) is 4.79 Å². The number of fused-ring (bicyclic) bond motifs is 1. The smallest absolute Gasteiger partial charge is 0.229 e. The van der Waals surface area contributed by atoms with Crippen molar-refractivity contribution in [2.45, 2.75) is 12.8 Å². The molecule has 1 atom stereocenters. The standard InChI is InChI=1S/C19H18ClN3OS/c20-14-6-3-7-15(11-14)21-18(24)13-5-4-10-23(12-13)19-22-16-8-1-2-9-17(16)25-19/h1-3,6-9,11,13H,4-5,10,12H2,(H,21,24). The Morgan fingerprint density at radius 3 is 2.96 bits per heavy atom. The zero-order valence-electron chi connectivity index (χ0n) is 13.6. The van der Waals surface area contributed by atoms with E-state index in [0.717, 1.165) is 35.7 Å². The highest BCUT2D eigenvalue weighted by atomic mass is 35.5. The van der Waals surface area contributed by atoms with Crippen molar-refractivity contribution in [3.8, 4) is 0 Å². The summed E-state index contributed by atoms with van der Waals surface area (Å²) in [6.07, 6.45) is 1.89. The first-order chi connectivity index (χ1) is 12.2. The Bertz CT molecular complexity index is 877. The highest BCUT2D eigenvalue weighted by Gasteiger charge is 2.27. The summed E-state index contributed by atoms with van der Waals surface area (Å²) in [5.74, 6) is 0.00724. The van der Waals surface area contributed by atoms with Gasteiger partial charge in [0.25, 0.3) is 0 Å². The topological polar surface area (TPSA) is 45.2 Å². The second kappa shape index (κ2) is 7.02. The number of hydrogen-bond donors (Lipinski definition) is 1. The molecule has 6 heteroatoms. The maximum absolute atomic E-state index is 12.6. The van der Waals surface area contributed by atoms with Gasteiger partial charge in [0.2, 0.25) is 5.91 Å². The fourth-order valence-corrected chi connectivity index (χ4v) is 4.36. The number of thiazole rings is 1. The number of aromatic nitrogens is 1. The summed E-state index contributed by atoms with van der Waals surface area (Å²) >= 11 is 7.68. The minimum absolute atomic E-state index is 0.0419. The van der Waals surface area contributed by atoms with E-state index in [4.69, 9.17) is 16.6 Å². The average Bonchev–Trinajstić information content (AvgIpc) is 3.06. The summed E-state index contributed by atoms with van der Waals surface area (Å²) in [7, 11) is 0. The molecule has 1 aliphatic heterocycles. The number of anilines is 2. The quantitative estimate of drug-likeness (QED) is 0.718. The first-order valence-electron chi connectivity index (χ1n) is 8.36. The molecule has 2 aromatic carbocycles. The molecule has 0 aliphatic carbocycles. The number of rotatable bonds is 3. The molecule has 0 spiro atoms. The minimum Gasteiger partial charge on any atom is -0.347 e. The fourth-order valence-electron chi connectivity index (χ4n) is 3.17. The van der Waals surface area contributed by atoms with Gasteiger partial charge in [-0.05, 0) is 43.2 Å². The molecular formula is C19H18ClN3OS. The van der Waals surface area contributed by atoms with E-state index in [1.165, 1.54) is 4.70 Å². The summed E-state index contributed by atoms with van der Waals surface area (Å²) in [4.78, 5) is 19.6. The largest absolute Gasteiger partial charge is 0.347 e. The van der Waals surface area contributed by atoms with Crippen molar-refractivity contribution < 1.29 is 4.79 Å². The highest BCUT2D eigenvalue weighted by molar-refractivity contribution is 7.22. The molecule has 2 heterocycles. The van der Waals surface area contributed by atoms with Crippen molar-refractivity contribution in [2.75, 3.05) is 23.3 Å². The number of nitrogens with zero attached hydrogens (tertiary/aromatic N) is 2. The van der Waals surface area contributed by atoms with E-state index in [2.05, 4.69) is 16.3 Å². The van der Waals surface area contributed by atoms with Crippen LogP contribution in [0.2, 0.25) is 5.02 Å². The van der Waals surface area contributed by atoms with Crippen molar-refractivity contribution >= 4 is 49.9 Å². The second-order valence-electron chi connectivity index (χ2n) is 6.25. The van der Waals surface area contributed by atoms with E-state index in [1.807, 2.05) is 30.3 Å². The van der Waals surface area contributed by atoms with Gasteiger partial charge in [0.05, 0.1) is 16.1 Å². The molecule has 3 aromatic rings. The molecule has 128 valence electrons. The van der Waals surface area contributed by atoms with Crippen molar-refractivity contribution in [3.05, 3.63) is 53.6 Å². The molecule has 0 bridgehead atoms. The molecule has 0 saturated carbocycles. The summed E-state index contributed by atoms with van der Waals surface area (Å²) < 4.78 is 1.18. The Hall–Kier alpha value is -2.11. The lowest BCUT2D eigenvalue weighted by Crippen LogP contribution is -2.40. The van der Waals surface area contributed by atoms with Gasteiger partial charge in [-0.25, -0.2) is 4.98 Å². The fraction of sp³-hybridized carbons (Fsp3) is 0.263. The third-order valence-corrected chi connectivity index (χ3v) is 5.77. The van der Waals surface area contributed by atoms with Gasteiger partial charge in [-0.3, -0.25) is 4.79 Å². The predicted molar refractivity (Wildman–Crippen MR) is 105 cm³/mol. The number of para-hydroxylation sites is 1. The van der Waals surface area contributed by atoms with Crippen molar-refractivity contribution in [3.63, 3.8) is 0 Å². The Morgan fingerprint density at radius 2 is 2.12 bits per heavy atom. The zero-order chi connectivity index (χ0) is 17.2. The first-order valence-corrected chi connectivity index (χ1v) is 9.55. The third-order valence-electron chi connectivity index (χ3n) is 4.44. The number of nitrogens with one attached hydrogen (secondary N) is 1. The third kappa shape index (κ3) is 3.62. The minimum atomic E-state index is -0.0419. The van der Waals surface area contributed by atoms with Gasteiger partial charge in [-0.1, -0.05) is 41.1 Å². The molecule has 1 saturated heterocycles. The number of amides is 1. The van der Waals surface area contributed by atoms with Gasteiger partial charge in [-0.15, -0.1) is 0 Å². The van der Waals surface area contributed by atoms with Gasteiger partial charge in [0.1, 0.15) is 0 Å². The van der Waals surface area contributed by atoms with E-state index >= 15 is 0 Å². The van der Waals surface area contributed by atoms with Gasteiger partial charge in [0.15, 0.2) is 5.13 Å². The second-order valence-corrected chi connectivity index (χ2v) is 7.69. The Labute approximate surface area is 155 Å². The molecule has 4 nitrogen and oxygen atoms in total. The Morgan fingerprint density at radius 1 is 1.24 bits per heavy atom. The highest BCUT2D eigenvalue weighted by Crippen LogP contribution is 2.31. The van der Waals surface area contributed by atoms with Crippen LogP contribution >= 0.6 is 22.9 Å². The number of benzene rings is 2. The Kier molecular flexibility index (Phi) is 4.59. The molecule has 1 fully saturated rings. The monoisotopic (exact) mass is 371 g/mol. The van der Waals surface area contributed by atoms with E-state index in [0.29, 0.717) is 11.6 Å². The number of halogens is 1. The average molecular weight is 372 g/mol. The summed E-state index contributed by atoms with van der Waals surface area (Å²) in [5, 5.41) is 4.61. The van der Waals surface area contributed by atoms with Crippen LogP contribution in [-0.4, -0.2) is 24.0 Å². The van der Waals surface area contributed by atoms with Gasteiger partial charge in [-0.2, -0.15) is 0 Å². The zero-order valence-corrected chi connectivity index (χ0v) is 15.2. The first kappa shape index (κ1) is 16.4. The lowest BCUT2D eigenvalue weighted by Gasteiger charge is -2.31. The van der Waals surface area contributed by atoms with Crippen molar-refractivity contribution in [2.24, 2.45) is 5.92 Å². The number of piperidine rings is 1. The van der Waals surface area contributed by atoms with Crippen LogP contribution in [0.3, 0.4) is 0 Å². The number of hydrogen-bond acceptors (Lipinski definition) is 4.